The summed E-state index contributed by atoms with van der Waals surface area (Å²) >= 11 is 0. The van der Waals surface area contributed by atoms with Crippen molar-refractivity contribution >= 4 is 11.8 Å². The first-order chi connectivity index (χ1) is 12.0. The number of rotatable bonds is 4. The summed E-state index contributed by atoms with van der Waals surface area (Å²) in [5, 5.41) is 0. The van der Waals surface area contributed by atoms with Crippen LogP contribution in [-0.4, -0.2) is 18.0 Å². The van der Waals surface area contributed by atoms with Crippen LogP contribution in [0.25, 0.3) is 11.1 Å². The molecule has 0 aliphatic carbocycles. The molecule has 128 valence electrons. The first kappa shape index (κ1) is 17.1. The Labute approximate surface area is 147 Å². The van der Waals surface area contributed by atoms with Gasteiger partial charge in [0.1, 0.15) is 0 Å². The summed E-state index contributed by atoms with van der Waals surface area (Å²) < 4.78 is 11.0. The molecular weight excluding hydrogens is 316 g/mol. The fourth-order valence-corrected chi connectivity index (χ4v) is 3.06. The van der Waals surface area contributed by atoms with Gasteiger partial charge in [-0.25, -0.2) is 0 Å². The maximum Gasteiger partial charge on any atom is 0.305 e. The maximum atomic E-state index is 12.6. The summed E-state index contributed by atoms with van der Waals surface area (Å²) in [6.07, 6.45) is 2.49. The first-order valence-corrected chi connectivity index (χ1v) is 8.29. The number of esters is 1. The van der Waals surface area contributed by atoms with Crippen LogP contribution in [0.4, 0.5) is 0 Å². The number of ketones is 1. The van der Waals surface area contributed by atoms with Crippen molar-refractivity contribution in [1.29, 1.82) is 0 Å². The Morgan fingerprint density at radius 1 is 1.08 bits per heavy atom. The lowest BCUT2D eigenvalue weighted by Gasteiger charge is -2.36. The summed E-state index contributed by atoms with van der Waals surface area (Å²) in [6.45, 7) is 3.20. The van der Waals surface area contributed by atoms with E-state index >= 15 is 0 Å². The van der Waals surface area contributed by atoms with Crippen LogP contribution in [0, 0.1) is 0 Å². The molecule has 1 aliphatic rings. The predicted octanol–water partition coefficient (Wildman–Crippen LogP) is 4.00. The van der Waals surface area contributed by atoms with E-state index in [0.717, 1.165) is 16.7 Å². The monoisotopic (exact) mass is 336 g/mol. The van der Waals surface area contributed by atoms with Gasteiger partial charge in [-0.15, -0.1) is 0 Å². The second kappa shape index (κ2) is 7.03. The van der Waals surface area contributed by atoms with Gasteiger partial charge in [0, 0.05) is 6.92 Å². The molecule has 4 heteroatoms. The molecule has 0 saturated heterocycles. The van der Waals surface area contributed by atoms with Gasteiger partial charge in [0.15, 0.2) is 11.4 Å². The van der Waals surface area contributed by atoms with E-state index in [-0.39, 0.29) is 5.78 Å². The van der Waals surface area contributed by atoms with Gasteiger partial charge in [-0.3, -0.25) is 9.59 Å². The normalized spacial score (nSPS) is 22.6. The van der Waals surface area contributed by atoms with Crippen molar-refractivity contribution in [2.24, 2.45) is 0 Å². The molecule has 1 heterocycles. The molecule has 0 unspecified atom stereocenters. The van der Waals surface area contributed by atoms with Crippen molar-refractivity contribution < 1.29 is 19.1 Å². The Morgan fingerprint density at radius 3 is 2.32 bits per heavy atom. The largest absolute Gasteiger partial charge is 0.432 e. The smallest absolute Gasteiger partial charge is 0.305 e. The lowest BCUT2D eigenvalue weighted by Crippen LogP contribution is -2.44. The van der Waals surface area contributed by atoms with E-state index in [2.05, 4.69) is 0 Å². The third-order valence-electron chi connectivity index (χ3n) is 4.36. The van der Waals surface area contributed by atoms with Crippen molar-refractivity contribution in [3.63, 3.8) is 0 Å². The quantitative estimate of drug-likeness (QED) is 0.792. The standard InChI is InChI=1S/C21H20O4/c1-3-21(19(23)13-14-20(25-21)24-15(2)22)18-11-9-17(10-12-18)16-7-5-4-6-8-16/h4-14,20H,3H2,1-2H3/t20-,21+/m0/s1. The van der Waals surface area contributed by atoms with Gasteiger partial charge < -0.3 is 9.47 Å². The number of carbonyl (C=O) groups excluding carboxylic acids is 2. The summed E-state index contributed by atoms with van der Waals surface area (Å²) in [4.78, 5) is 23.8. The average Bonchev–Trinajstić information content (AvgIpc) is 2.64. The molecule has 0 saturated carbocycles. The summed E-state index contributed by atoms with van der Waals surface area (Å²) in [5.41, 5.74) is 1.78. The zero-order valence-corrected chi connectivity index (χ0v) is 14.3. The molecule has 3 rings (SSSR count). The minimum Gasteiger partial charge on any atom is -0.432 e. The molecular formula is C21H20O4. The Balaban J connectivity index is 1.93. The third kappa shape index (κ3) is 3.39. The molecule has 0 fully saturated rings. The van der Waals surface area contributed by atoms with Crippen molar-refractivity contribution in [2.75, 3.05) is 0 Å². The zero-order valence-electron chi connectivity index (χ0n) is 14.3. The Morgan fingerprint density at radius 2 is 1.72 bits per heavy atom. The lowest BCUT2D eigenvalue weighted by atomic mass is 9.84. The van der Waals surface area contributed by atoms with Crippen LogP contribution in [0.15, 0.2) is 66.7 Å². The first-order valence-electron chi connectivity index (χ1n) is 8.29. The van der Waals surface area contributed by atoms with Crippen molar-refractivity contribution in [1.82, 2.24) is 0 Å². The minimum absolute atomic E-state index is 0.147. The van der Waals surface area contributed by atoms with Crippen LogP contribution in [0.5, 0.6) is 0 Å². The Hall–Kier alpha value is -2.72. The molecule has 2 atom stereocenters. The van der Waals surface area contributed by atoms with E-state index in [1.165, 1.54) is 19.1 Å². The topological polar surface area (TPSA) is 52.6 Å². The molecule has 0 bridgehead atoms. The van der Waals surface area contributed by atoms with Crippen molar-refractivity contribution in [3.05, 3.63) is 72.3 Å². The van der Waals surface area contributed by atoms with E-state index in [4.69, 9.17) is 9.47 Å². The number of hydrogen-bond acceptors (Lipinski definition) is 4. The molecule has 4 nitrogen and oxygen atoms in total. The molecule has 0 aromatic heterocycles. The third-order valence-corrected chi connectivity index (χ3v) is 4.36. The van der Waals surface area contributed by atoms with Gasteiger partial charge in [-0.05, 0) is 35.3 Å². The van der Waals surface area contributed by atoms with E-state index in [0.29, 0.717) is 6.42 Å². The number of ether oxygens (including phenoxy) is 2. The van der Waals surface area contributed by atoms with E-state index in [9.17, 15) is 9.59 Å². The predicted molar refractivity (Wildman–Crippen MR) is 94.6 cm³/mol. The average molecular weight is 336 g/mol. The van der Waals surface area contributed by atoms with E-state index < -0.39 is 17.9 Å². The molecule has 0 amide bonds. The Bertz CT molecular complexity index is 792. The number of benzene rings is 2. The van der Waals surface area contributed by atoms with Crippen LogP contribution in [-0.2, 0) is 24.7 Å². The highest BCUT2D eigenvalue weighted by Gasteiger charge is 2.43. The van der Waals surface area contributed by atoms with E-state index in [1.807, 2.05) is 61.5 Å². The highest BCUT2D eigenvalue weighted by atomic mass is 16.7. The molecule has 0 spiro atoms. The Kier molecular flexibility index (Phi) is 4.81. The summed E-state index contributed by atoms with van der Waals surface area (Å²) in [5.74, 6) is -0.598. The minimum atomic E-state index is -1.13. The number of hydrogen-bond donors (Lipinski definition) is 0. The van der Waals surface area contributed by atoms with E-state index in [1.54, 1.807) is 0 Å². The zero-order chi connectivity index (χ0) is 17.9. The molecule has 2 aromatic carbocycles. The van der Waals surface area contributed by atoms with Crippen molar-refractivity contribution in [3.8, 4) is 11.1 Å². The fourth-order valence-electron chi connectivity index (χ4n) is 3.06. The number of carbonyl (C=O) groups is 2. The van der Waals surface area contributed by atoms with Crippen molar-refractivity contribution in [2.45, 2.75) is 32.2 Å². The molecule has 0 radical (unpaired) electrons. The van der Waals surface area contributed by atoms with Gasteiger partial charge in [-0.2, -0.15) is 0 Å². The van der Waals surface area contributed by atoms with Crippen LogP contribution < -0.4 is 0 Å². The fraction of sp³-hybridized carbons (Fsp3) is 0.238. The van der Waals surface area contributed by atoms with Gasteiger partial charge in [0.05, 0.1) is 0 Å². The second-order valence-corrected chi connectivity index (χ2v) is 5.94. The SMILES string of the molecule is CC[C@]1(c2ccc(-c3ccccc3)cc2)O[C@H](OC(C)=O)C=CC1=O. The molecule has 1 aliphatic heterocycles. The lowest BCUT2D eigenvalue weighted by molar-refractivity contribution is -0.203. The van der Waals surface area contributed by atoms with Crippen LogP contribution in [0.1, 0.15) is 25.8 Å². The van der Waals surface area contributed by atoms with Crippen LogP contribution in [0.2, 0.25) is 0 Å². The molecule has 0 N–H and O–H groups in total. The van der Waals surface area contributed by atoms with Crippen LogP contribution >= 0.6 is 0 Å². The highest BCUT2D eigenvalue weighted by molar-refractivity contribution is 5.98. The van der Waals surface area contributed by atoms with Gasteiger partial charge >= 0.3 is 5.97 Å². The highest BCUT2D eigenvalue weighted by Crippen LogP contribution is 2.36. The van der Waals surface area contributed by atoms with Gasteiger partial charge in [0.2, 0.25) is 6.29 Å². The maximum absolute atomic E-state index is 12.6. The van der Waals surface area contributed by atoms with Crippen LogP contribution in [0.3, 0.4) is 0 Å². The van der Waals surface area contributed by atoms with Gasteiger partial charge in [0.25, 0.3) is 0 Å². The summed E-state index contributed by atoms with van der Waals surface area (Å²) in [6, 6.07) is 17.7. The van der Waals surface area contributed by atoms with Gasteiger partial charge in [-0.1, -0.05) is 61.5 Å². The molecule has 25 heavy (non-hydrogen) atoms. The summed E-state index contributed by atoms with van der Waals surface area (Å²) in [7, 11) is 0. The molecule has 2 aromatic rings. The second-order valence-electron chi connectivity index (χ2n) is 5.94.